The van der Waals surface area contributed by atoms with E-state index in [0.29, 0.717) is 21.7 Å². The van der Waals surface area contributed by atoms with Crippen LogP contribution >= 0.6 is 23.2 Å². The van der Waals surface area contributed by atoms with Crippen LogP contribution in [0.15, 0.2) is 34.7 Å². The minimum absolute atomic E-state index is 0.424. The van der Waals surface area contributed by atoms with Gasteiger partial charge in [0.15, 0.2) is 11.3 Å². The number of rotatable bonds is 2. The Morgan fingerprint density at radius 2 is 1.80 bits per heavy atom. The van der Waals surface area contributed by atoms with Crippen molar-refractivity contribution in [2.75, 3.05) is 7.11 Å². The van der Waals surface area contributed by atoms with Gasteiger partial charge in [0.05, 0.1) is 17.2 Å². The Morgan fingerprint density at radius 3 is 2.45 bits per heavy atom. The van der Waals surface area contributed by atoms with Crippen LogP contribution in [0.3, 0.4) is 0 Å². The van der Waals surface area contributed by atoms with Crippen LogP contribution in [0.25, 0.3) is 22.6 Å². The van der Waals surface area contributed by atoms with Gasteiger partial charge in [-0.25, -0.2) is 4.98 Å². The van der Waals surface area contributed by atoms with Gasteiger partial charge in [0.25, 0.3) is 0 Å². The largest absolute Gasteiger partial charge is 0.494 e. The molecule has 1 heterocycles. The Kier molecular flexibility index (Phi) is 3.32. The Labute approximate surface area is 126 Å². The highest BCUT2D eigenvalue weighted by Crippen LogP contribution is 2.37. The van der Waals surface area contributed by atoms with Crippen LogP contribution in [0, 0.1) is 6.92 Å². The number of oxazole rings is 1. The lowest BCUT2D eigenvalue weighted by Crippen LogP contribution is -1.87. The van der Waals surface area contributed by atoms with E-state index in [1.165, 1.54) is 7.11 Å². The van der Waals surface area contributed by atoms with Crippen molar-refractivity contribution in [3.05, 3.63) is 45.9 Å². The van der Waals surface area contributed by atoms with E-state index in [0.717, 1.165) is 22.2 Å². The fourth-order valence-corrected chi connectivity index (χ4v) is 2.68. The summed E-state index contributed by atoms with van der Waals surface area (Å²) in [6, 6.07) is 9.29. The second kappa shape index (κ2) is 5.00. The summed E-state index contributed by atoms with van der Waals surface area (Å²) in [4.78, 5) is 4.46. The van der Waals surface area contributed by atoms with Crippen LogP contribution in [0.2, 0.25) is 10.0 Å². The molecule has 0 saturated heterocycles. The van der Waals surface area contributed by atoms with Crippen molar-refractivity contribution in [1.82, 2.24) is 4.98 Å². The van der Waals surface area contributed by atoms with Crippen molar-refractivity contribution in [2.24, 2.45) is 0 Å². The fraction of sp³-hybridized carbons (Fsp3) is 0.133. The molecule has 1 aromatic heterocycles. The zero-order chi connectivity index (χ0) is 14.3. The highest BCUT2D eigenvalue weighted by Gasteiger charge is 2.14. The summed E-state index contributed by atoms with van der Waals surface area (Å²) in [5.41, 5.74) is 3.38. The van der Waals surface area contributed by atoms with E-state index in [9.17, 15) is 0 Å². The molecule has 3 nitrogen and oxygen atoms in total. The highest BCUT2D eigenvalue weighted by molar-refractivity contribution is 6.37. The molecule has 0 unspecified atom stereocenters. The lowest BCUT2D eigenvalue weighted by molar-refractivity contribution is 0.415. The Morgan fingerprint density at radius 1 is 1.10 bits per heavy atom. The first-order valence-corrected chi connectivity index (χ1v) is 6.74. The number of methoxy groups -OCH3 is 1. The zero-order valence-electron chi connectivity index (χ0n) is 10.9. The summed E-state index contributed by atoms with van der Waals surface area (Å²) in [6.45, 7) is 2.01. The van der Waals surface area contributed by atoms with Gasteiger partial charge in [-0.05, 0) is 36.8 Å². The molecule has 0 aliphatic rings. The third kappa shape index (κ3) is 2.23. The molecular weight excluding hydrogens is 297 g/mol. The van der Waals surface area contributed by atoms with E-state index in [4.69, 9.17) is 32.4 Å². The monoisotopic (exact) mass is 307 g/mol. The summed E-state index contributed by atoms with van der Waals surface area (Å²) in [7, 11) is 1.52. The van der Waals surface area contributed by atoms with E-state index in [2.05, 4.69) is 4.98 Å². The summed E-state index contributed by atoms with van der Waals surface area (Å²) < 4.78 is 10.8. The van der Waals surface area contributed by atoms with Crippen molar-refractivity contribution < 1.29 is 9.15 Å². The normalized spacial score (nSPS) is 11.0. The van der Waals surface area contributed by atoms with Crippen LogP contribution in [0.5, 0.6) is 5.75 Å². The minimum Gasteiger partial charge on any atom is -0.494 e. The SMILES string of the molecule is COc1c(Cl)cc(-c2nc3cc(C)ccc3o2)cc1Cl. The molecule has 3 rings (SSSR count). The summed E-state index contributed by atoms with van der Waals surface area (Å²) in [5, 5.41) is 0.849. The maximum absolute atomic E-state index is 6.13. The van der Waals surface area contributed by atoms with E-state index in [1.807, 2.05) is 25.1 Å². The van der Waals surface area contributed by atoms with E-state index < -0.39 is 0 Å². The van der Waals surface area contributed by atoms with Crippen molar-refractivity contribution >= 4 is 34.3 Å². The number of fused-ring (bicyclic) bond motifs is 1. The van der Waals surface area contributed by atoms with Crippen molar-refractivity contribution in [2.45, 2.75) is 6.92 Å². The molecule has 0 radical (unpaired) electrons. The fourth-order valence-electron chi connectivity index (χ4n) is 2.04. The van der Waals surface area contributed by atoms with Gasteiger partial charge in [0, 0.05) is 5.56 Å². The topological polar surface area (TPSA) is 35.3 Å². The maximum atomic E-state index is 6.13. The van der Waals surface area contributed by atoms with Crippen LogP contribution in [-0.4, -0.2) is 12.1 Å². The summed E-state index contributed by atoms with van der Waals surface area (Å²) >= 11 is 12.3. The van der Waals surface area contributed by atoms with Gasteiger partial charge < -0.3 is 9.15 Å². The van der Waals surface area contributed by atoms with Gasteiger partial charge in [-0.2, -0.15) is 0 Å². The van der Waals surface area contributed by atoms with E-state index >= 15 is 0 Å². The molecule has 0 aliphatic carbocycles. The van der Waals surface area contributed by atoms with Crippen molar-refractivity contribution in [1.29, 1.82) is 0 Å². The first kappa shape index (κ1) is 13.3. The summed E-state index contributed by atoms with van der Waals surface area (Å²) in [6.07, 6.45) is 0. The van der Waals surface area contributed by atoms with Gasteiger partial charge in [-0.3, -0.25) is 0 Å². The summed E-state index contributed by atoms with van der Waals surface area (Å²) in [5.74, 6) is 0.932. The molecule has 20 heavy (non-hydrogen) atoms. The predicted molar refractivity (Wildman–Crippen MR) is 80.8 cm³/mol. The third-order valence-corrected chi connectivity index (χ3v) is 3.55. The number of ether oxygens (including phenoxy) is 1. The first-order chi connectivity index (χ1) is 9.58. The number of hydrogen-bond acceptors (Lipinski definition) is 3. The Balaban J connectivity index is 2.15. The van der Waals surface area contributed by atoms with Crippen LogP contribution in [0.1, 0.15) is 5.56 Å². The lowest BCUT2D eigenvalue weighted by Gasteiger charge is -2.06. The molecule has 0 aliphatic heterocycles. The average molecular weight is 308 g/mol. The second-order valence-electron chi connectivity index (χ2n) is 4.46. The van der Waals surface area contributed by atoms with Crippen molar-refractivity contribution in [3.63, 3.8) is 0 Å². The molecule has 5 heteroatoms. The highest BCUT2D eigenvalue weighted by atomic mass is 35.5. The Hall–Kier alpha value is -1.71. The van der Waals surface area contributed by atoms with E-state index in [1.54, 1.807) is 12.1 Å². The van der Waals surface area contributed by atoms with Gasteiger partial charge in [0.2, 0.25) is 5.89 Å². The molecule has 0 atom stereocenters. The van der Waals surface area contributed by atoms with Gasteiger partial charge in [0.1, 0.15) is 5.52 Å². The number of aryl methyl sites for hydroxylation is 1. The molecule has 0 N–H and O–H groups in total. The standard InChI is InChI=1S/C15H11Cl2NO2/c1-8-3-4-13-12(5-8)18-15(20-13)9-6-10(16)14(19-2)11(17)7-9/h3-7H,1-2H3. The average Bonchev–Trinajstić information content (AvgIpc) is 2.81. The molecule has 0 spiro atoms. The van der Waals surface area contributed by atoms with Gasteiger partial charge >= 0.3 is 0 Å². The van der Waals surface area contributed by atoms with Crippen LogP contribution in [0.4, 0.5) is 0 Å². The van der Waals surface area contributed by atoms with Gasteiger partial charge in [-0.15, -0.1) is 0 Å². The van der Waals surface area contributed by atoms with Crippen molar-refractivity contribution in [3.8, 4) is 17.2 Å². The van der Waals surface area contributed by atoms with Crippen LogP contribution < -0.4 is 4.74 Å². The molecule has 0 bridgehead atoms. The molecular formula is C15H11Cl2NO2. The lowest BCUT2D eigenvalue weighted by atomic mass is 10.2. The second-order valence-corrected chi connectivity index (χ2v) is 5.28. The molecule has 0 saturated carbocycles. The molecule has 3 aromatic rings. The number of benzene rings is 2. The predicted octanol–water partition coefficient (Wildman–Crippen LogP) is 5.12. The molecule has 102 valence electrons. The quantitative estimate of drug-likeness (QED) is 0.659. The van der Waals surface area contributed by atoms with Crippen LogP contribution in [-0.2, 0) is 0 Å². The Bertz CT molecular complexity index is 773. The maximum Gasteiger partial charge on any atom is 0.227 e. The number of aromatic nitrogens is 1. The van der Waals surface area contributed by atoms with Gasteiger partial charge in [-0.1, -0.05) is 29.3 Å². The molecule has 2 aromatic carbocycles. The number of hydrogen-bond donors (Lipinski definition) is 0. The first-order valence-electron chi connectivity index (χ1n) is 5.99. The number of nitrogens with zero attached hydrogens (tertiary/aromatic N) is 1. The van der Waals surface area contributed by atoms with E-state index in [-0.39, 0.29) is 0 Å². The molecule has 0 fully saturated rings. The number of halogens is 2. The third-order valence-electron chi connectivity index (χ3n) is 2.99. The smallest absolute Gasteiger partial charge is 0.227 e. The molecule has 0 amide bonds. The zero-order valence-corrected chi connectivity index (χ0v) is 12.4. The minimum atomic E-state index is 0.424.